The zero-order chi connectivity index (χ0) is 30.2. The van der Waals surface area contributed by atoms with Gasteiger partial charge in [-0.25, -0.2) is 4.79 Å². The summed E-state index contributed by atoms with van der Waals surface area (Å²) in [4.78, 5) is 42.0. The number of benzene rings is 2. The second-order valence-corrected chi connectivity index (χ2v) is 11.8. The van der Waals surface area contributed by atoms with Crippen molar-refractivity contribution in [3.8, 4) is 5.75 Å². The van der Waals surface area contributed by atoms with Crippen LogP contribution in [-0.4, -0.2) is 57.3 Å². The molecule has 2 rings (SSSR count). The number of carbonyl (C=O) groups excluding carboxylic acids is 3. The summed E-state index contributed by atoms with van der Waals surface area (Å²) in [6, 6.07) is 8.19. The molecule has 40 heavy (non-hydrogen) atoms. The summed E-state index contributed by atoms with van der Waals surface area (Å²) >= 11 is 6.39. The van der Waals surface area contributed by atoms with Gasteiger partial charge in [0.05, 0.1) is 17.3 Å². The number of ether oxygens (including phenoxy) is 1. The molecule has 0 aliphatic carbocycles. The molecule has 4 N–H and O–H groups in total. The number of aryl methyl sites for hydroxylation is 1. The molecule has 0 saturated heterocycles. The molecule has 2 aromatic carbocycles. The van der Waals surface area contributed by atoms with E-state index in [0.29, 0.717) is 28.6 Å². The number of anilines is 1. The molecule has 0 heterocycles. The van der Waals surface area contributed by atoms with Gasteiger partial charge in [-0.1, -0.05) is 49.7 Å². The van der Waals surface area contributed by atoms with Gasteiger partial charge < -0.3 is 30.5 Å². The second kappa shape index (κ2) is 14.4. The Bertz CT molecular complexity index is 1160. The number of nitrogens with one attached hydrogen (secondary N) is 2. The number of alkyl carbamates (subject to hydrolysis) is 1. The van der Waals surface area contributed by atoms with Gasteiger partial charge in [0.25, 0.3) is 5.91 Å². The Balaban J connectivity index is 2.61. The number of nitrogens with zero attached hydrogens (tertiary/aromatic N) is 1. The number of aliphatic hydroxyl groups excluding tert-OH is 1. The maximum atomic E-state index is 14.1. The Labute approximate surface area is 241 Å². The quantitative estimate of drug-likeness (QED) is 0.277. The number of amides is 3. The lowest BCUT2D eigenvalue weighted by atomic mass is 9.97. The lowest BCUT2D eigenvalue weighted by Gasteiger charge is -2.38. The van der Waals surface area contributed by atoms with E-state index in [-0.39, 0.29) is 5.75 Å². The molecule has 3 atom stereocenters. The van der Waals surface area contributed by atoms with Crippen LogP contribution in [0.1, 0.15) is 71.6 Å². The second-order valence-electron chi connectivity index (χ2n) is 11.4. The van der Waals surface area contributed by atoms with Crippen LogP contribution in [0.3, 0.4) is 0 Å². The van der Waals surface area contributed by atoms with Gasteiger partial charge in [-0.2, -0.15) is 0 Å². The van der Waals surface area contributed by atoms with Gasteiger partial charge >= 0.3 is 6.09 Å². The van der Waals surface area contributed by atoms with E-state index in [0.717, 1.165) is 12.0 Å². The summed E-state index contributed by atoms with van der Waals surface area (Å²) < 4.78 is 5.29. The first kappa shape index (κ1) is 32.9. The van der Waals surface area contributed by atoms with Gasteiger partial charge in [0.15, 0.2) is 0 Å². The van der Waals surface area contributed by atoms with Gasteiger partial charge in [-0.15, -0.1) is 0 Å². The van der Waals surface area contributed by atoms with E-state index in [4.69, 9.17) is 16.3 Å². The fraction of sp³-hybridized carbons (Fsp3) is 0.500. The van der Waals surface area contributed by atoms with Crippen molar-refractivity contribution in [2.45, 2.75) is 85.0 Å². The lowest BCUT2D eigenvalue weighted by Crippen LogP contribution is -2.56. The number of para-hydroxylation sites is 1. The number of rotatable bonds is 11. The Morgan fingerprint density at radius 3 is 2.25 bits per heavy atom. The van der Waals surface area contributed by atoms with Gasteiger partial charge in [0, 0.05) is 6.04 Å². The normalized spacial score (nSPS) is 13.8. The van der Waals surface area contributed by atoms with Crippen LogP contribution in [-0.2, 0) is 14.3 Å². The third-order valence-electron chi connectivity index (χ3n) is 6.25. The van der Waals surface area contributed by atoms with E-state index in [9.17, 15) is 24.6 Å². The highest BCUT2D eigenvalue weighted by atomic mass is 35.5. The molecular weight excluding hydrogens is 534 g/mol. The predicted octanol–water partition coefficient (Wildman–Crippen LogP) is 5.57. The topological polar surface area (TPSA) is 128 Å². The van der Waals surface area contributed by atoms with Gasteiger partial charge in [0.1, 0.15) is 23.4 Å². The van der Waals surface area contributed by atoms with E-state index in [2.05, 4.69) is 24.5 Å². The van der Waals surface area contributed by atoms with E-state index in [1.165, 1.54) is 17.0 Å². The third-order valence-corrected chi connectivity index (χ3v) is 6.56. The number of aliphatic hydroxyl groups is 1. The van der Waals surface area contributed by atoms with Crippen LogP contribution in [0.5, 0.6) is 5.75 Å². The molecule has 3 amide bonds. The molecule has 0 radical (unpaired) electrons. The van der Waals surface area contributed by atoms with E-state index in [1.54, 1.807) is 58.0 Å². The van der Waals surface area contributed by atoms with Crippen LogP contribution in [0, 0.1) is 12.8 Å². The zero-order valence-electron chi connectivity index (χ0n) is 24.3. The molecule has 0 spiro atoms. The smallest absolute Gasteiger partial charge is 0.408 e. The Hall–Kier alpha value is -3.30. The molecule has 10 heteroatoms. The summed E-state index contributed by atoms with van der Waals surface area (Å²) in [5, 5.41) is 26.1. The van der Waals surface area contributed by atoms with Crippen molar-refractivity contribution in [1.82, 2.24) is 10.2 Å². The Morgan fingerprint density at radius 1 is 1.05 bits per heavy atom. The number of phenols is 1. The summed E-state index contributed by atoms with van der Waals surface area (Å²) in [6.45, 7) is 12.0. The molecule has 9 nitrogen and oxygen atoms in total. The van der Waals surface area contributed by atoms with Crippen LogP contribution in [0.25, 0.3) is 0 Å². The van der Waals surface area contributed by atoms with Crippen LogP contribution >= 0.6 is 11.6 Å². The molecule has 0 aliphatic rings. The predicted molar refractivity (Wildman–Crippen MR) is 156 cm³/mol. The molecule has 0 fully saturated rings. The molecule has 0 aromatic heterocycles. The third kappa shape index (κ3) is 9.41. The van der Waals surface area contributed by atoms with Crippen molar-refractivity contribution in [1.29, 1.82) is 0 Å². The average molecular weight is 576 g/mol. The molecule has 3 unspecified atom stereocenters. The van der Waals surface area contributed by atoms with Crippen LogP contribution < -0.4 is 10.6 Å². The van der Waals surface area contributed by atoms with Crippen molar-refractivity contribution in [3.63, 3.8) is 0 Å². The van der Waals surface area contributed by atoms with Gasteiger partial charge in [-0.3, -0.25) is 9.59 Å². The summed E-state index contributed by atoms with van der Waals surface area (Å²) in [5.41, 5.74) is 0.642. The molecular formula is C30H42ClN3O6. The highest BCUT2D eigenvalue weighted by molar-refractivity contribution is 6.34. The number of hydrogen-bond donors (Lipinski definition) is 4. The first-order valence-corrected chi connectivity index (χ1v) is 13.8. The maximum Gasteiger partial charge on any atom is 0.408 e. The molecule has 2 aromatic rings. The molecule has 220 valence electrons. The zero-order valence-corrected chi connectivity index (χ0v) is 25.1. The fourth-order valence-corrected chi connectivity index (χ4v) is 4.51. The highest BCUT2D eigenvalue weighted by Gasteiger charge is 2.39. The van der Waals surface area contributed by atoms with Crippen molar-refractivity contribution >= 4 is 35.2 Å². The number of aromatic hydroxyl groups is 1. The first-order chi connectivity index (χ1) is 18.6. The first-order valence-electron chi connectivity index (χ1n) is 13.4. The average Bonchev–Trinajstić information content (AvgIpc) is 2.85. The Kier molecular flexibility index (Phi) is 11.8. The SMILES string of the molecule is Cc1cccc(Cl)c1NC(=O)C(c1cccc(O)c1)N(C(=O)C(CO)NC(=O)OC(C)(C)C)C(C)CCC(C)C. The Morgan fingerprint density at radius 2 is 1.70 bits per heavy atom. The fourth-order valence-electron chi connectivity index (χ4n) is 4.24. The van der Waals surface area contributed by atoms with E-state index < -0.39 is 48.2 Å². The minimum atomic E-state index is -1.38. The lowest BCUT2D eigenvalue weighted by molar-refractivity contribution is -0.144. The van der Waals surface area contributed by atoms with Crippen LogP contribution in [0.15, 0.2) is 42.5 Å². The molecule has 0 bridgehead atoms. The van der Waals surface area contributed by atoms with Crippen molar-refractivity contribution in [2.75, 3.05) is 11.9 Å². The van der Waals surface area contributed by atoms with Gasteiger partial charge in [-0.05, 0) is 82.7 Å². The van der Waals surface area contributed by atoms with Crippen molar-refractivity contribution < 1.29 is 29.3 Å². The number of carbonyl (C=O) groups is 3. The minimum Gasteiger partial charge on any atom is -0.508 e. The minimum absolute atomic E-state index is 0.0861. The monoisotopic (exact) mass is 575 g/mol. The van der Waals surface area contributed by atoms with Crippen LogP contribution in [0.4, 0.5) is 10.5 Å². The largest absolute Gasteiger partial charge is 0.508 e. The summed E-state index contributed by atoms with van der Waals surface area (Å²) in [7, 11) is 0. The van der Waals surface area contributed by atoms with E-state index in [1.807, 2.05) is 6.92 Å². The number of phenolic OH excluding ortho intramolecular Hbond substituents is 1. The molecule has 0 saturated carbocycles. The van der Waals surface area contributed by atoms with Crippen LogP contribution in [0.2, 0.25) is 5.02 Å². The molecule has 0 aliphatic heterocycles. The van der Waals surface area contributed by atoms with Crippen molar-refractivity contribution in [2.24, 2.45) is 5.92 Å². The number of halogens is 1. The summed E-state index contributed by atoms with van der Waals surface area (Å²) in [5.74, 6) is -1.01. The summed E-state index contributed by atoms with van der Waals surface area (Å²) in [6.07, 6.45) is 0.424. The van der Waals surface area contributed by atoms with Gasteiger partial charge in [0.2, 0.25) is 5.91 Å². The maximum absolute atomic E-state index is 14.1. The highest BCUT2D eigenvalue weighted by Crippen LogP contribution is 2.32. The standard InChI is InChI=1S/C30H42ClN3O6/c1-18(2)14-15-20(4)34(28(38)24(17-35)32-29(39)40-30(5,6)7)26(21-11-9-12-22(36)16-21)27(37)33-25-19(3)10-8-13-23(25)31/h8-13,16,18,20,24,26,35-36H,14-15,17H2,1-7H3,(H,32,39)(H,33,37). The van der Waals surface area contributed by atoms with Crippen molar-refractivity contribution in [3.05, 3.63) is 58.6 Å². The van der Waals surface area contributed by atoms with E-state index >= 15 is 0 Å². The number of hydrogen-bond acceptors (Lipinski definition) is 6.